The van der Waals surface area contributed by atoms with Crippen LogP contribution in [0.5, 0.6) is 0 Å². The van der Waals surface area contributed by atoms with Gasteiger partial charge in [-0.2, -0.15) is 0 Å². The van der Waals surface area contributed by atoms with Crippen molar-refractivity contribution in [2.24, 2.45) is 0 Å². The number of halogens is 1. The molecule has 0 unspecified atom stereocenters. The third kappa shape index (κ3) is 1.18. The summed E-state index contributed by atoms with van der Waals surface area (Å²) in [4.78, 5) is 0. The molecule has 0 atom stereocenters. The number of benzene rings is 1. The van der Waals surface area contributed by atoms with E-state index in [0.717, 1.165) is 0 Å². The van der Waals surface area contributed by atoms with Crippen molar-refractivity contribution in [3.63, 3.8) is 0 Å². The van der Waals surface area contributed by atoms with Crippen LogP contribution in [-0.2, 0) is 0 Å². The molecule has 0 aliphatic carbocycles. The van der Waals surface area contributed by atoms with Gasteiger partial charge in [-0.15, -0.1) is 10.2 Å². The molecule has 1 heterocycles. The molecule has 2 rings (SSSR count). The summed E-state index contributed by atoms with van der Waals surface area (Å²) in [6, 6.07) is 7.02. The Kier molecular flexibility index (Phi) is 1.59. The monoisotopic (exact) mass is 162 g/mol. The van der Waals surface area contributed by atoms with Crippen LogP contribution in [0.4, 0.5) is 4.39 Å². The van der Waals surface area contributed by atoms with Gasteiger partial charge in [0.25, 0.3) is 0 Å². The zero-order valence-electron chi connectivity index (χ0n) is 6.11. The molecule has 59 valence electrons. The van der Waals surface area contributed by atoms with E-state index in [4.69, 9.17) is 0 Å². The van der Waals surface area contributed by atoms with Gasteiger partial charge in [-0.25, -0.2) is 4.39 Å². The fourth-order valence-electron chi connectivity index (χ4n) is 0.921. The molecule has 0 bridgehead atoms. The normalized spacial score (nSPS) is 10.1. The van der Waals surface area contributed by atoms with E-state index in [0.29, 0.717) is 5.69 Å². The van der Waals surface area contributed by atoms with Gasteiger partial charge in [-0.05, 0) is 18.2 Å². The van der Waals surface area contributed by atoms with E-state index in [1.165, 1.54) is 24.8 Å². The maximum absolute atomic E-state index is 12.6. The van der Waals surface area contributed by atoms with Gasteiger partial charge in [0.2, 0.25) is 0 Å². The van der Waals surface area contributed by atoms with Gasteiger partial charge in [0.05, 0.1) is 5.69 Å². The summed E-state index contributed by atoms with van der Waals surface area (Å²) < 4.78 is 14.3. The lowest BCUT2D eigenvalue weighted by Crippen LogP contribution is -1.90. The van der Waals surface area contributed by atoms with Gasteiger partial charge in [0.1, 0.15) is 18.5 Å². The van der Waals surface area contributed by atoms with Crippen molar-refractivity contribution in [2.45, 2.75) is 0 Å². The summed E-state index contributed by atoms with van der Waals surface area (Å²) in [5.41, 5.74) is 0.691. The molecule has 2 aromatic rings. The smallest absolute Gasteiger partial charge is 0.133 e. The standard InChI is InChI=1S/C8H5FN3/c9-7-2-1-3-8(4-7)12-5-10-11-6-12/h1,3-6H. The summed E-state index contributed by atoms with van der Waals surface area (Å²) in [6.07, 6.45) is 3.02. The summed E-state index contributed by atoms with van der Waals surface area (Å²) >= 11 is 0. The van der Waals surface area contributed by atoms with E-state index in [2.05, 4.69) is 16.3 Å². The molecule has 0 aliphatic heterocycles. The predicted octanol–water partition coefficient (Wildman–Crippen LogP) is 1.21. The highest BCUT2D eigenvalue weighted by molar-refractivity contribution is 5.30. The molecule has 0 saturated carbocycles. The highest BCUT2D eigenvalue weighted by atomic mass is 19.1. The average Bonchev–Trinajstić information content (AvgIpc) is 2.56. The Morgan fingerprint density at radius 1 is 1.33 bits per heavy atom. The Morgan fingerprint density at radius 2 is 2.08 bits per heavy atom. The molecule has 0 fully saturated rings. The zero-order valence-corrected chi connectivity index (χ0v) is 6.11. The molecular formula is C8H5FN3. The van der Waals surface area contributed by atoms with E-state index in [9.17, 15) is 4.39 Å². The van der Waals surface area contributed by atoms with Gasteiger partial charge >= 0.3 is 0 Å². The maximum atomic E-state index is 12.6. The number of nitrogens with zero attached hydrogens (tertiary/aromatic N) is 3. The van der Waals surface area contributed by atoms with Crippen LogP contribution in [0.15, 0.2) is 30.9 Å². The maximum Gasteiger partial charge on any atom is 0.133 e. The van der Waals surface area contributed by atoms with Crippen molar-refractivity contribution >= 4 is 0 Å². The largest absolute Gasteiger partial charge is 0.288 e. The van der Waals surface area contributed by atoms with Crippen LogP contribution in [0.2, 0.25) is 0 Å². The van der Waals surface area contributed by atoms with Gasteiger partial charge in [0, 0.05) is 6.07 Å². The Bertz CT molecular complexity index is 370. The Morgan fingerprint density at radius 3 is 2.75 bits per heavy atom. The third-order valence-corrected chi connectivity index (χ3v) is 1.47. The molecule has 1 aromatic heterocycles. The predicted molar refractivity (Wildman–Crippen MR) is 40.2 cm³/mol. The zero-order chi connectivity index (χ0) is 8.39. The highest BCUT2D eigenvalue weighted by Crippen LogP contribution is 2.06. The van der Waals surface area contributed by atoms with Crippen molar-refractivity contribution in [2.75, 3.05) is 0 Å². The summed E-state index contributed by atoms with van der Waals surface area (Å²) in [7, 11) is 0. The van der Waals surface area contributed by atoms with Crippen molar-refractivity contribution in [1.82, 2.24) is 14.8 Å². The van der Waals surface area contributed by atoms with E-state index in [1.807, 2.05) is 0 Å². The summed E-state index contributed by atoms with van der Waals surface area (Å²) in [5.74, 6) is -0.388. The lowest BCUT2D eigenvalue weighted by atomic mass is 10.3. The number of aromatic nitrogens is 3. The average molecular weight is 162 g/mol. The first-order valence-corrected chi connectivity index (χ1v) is 3.38. The first-order chi connectivity index (χ1) is 5.86. The molecule has 1 aromatic carbocycles. The van der Waals surface area contributed by atoms with Gasteiger partial charge in [0.15, 0.2) is 0 Å². The molecule has 0 N–H and O–H groups in total. The van der Waals surface area contributed by atoms with Crippen LogP contribution in [-0.4, -0.2) is 14.8 Å². The second kappa shape index (κ2) is 2.73. The van der Waals surface area contributed by atoms with Crippen molar-refractivity contribution in [1.29, 1.82) is 0 Å². The Hall–Kier alpha value is -1.71. The number of rotatable bonds is 1. The lowest BCUT2D eigenvalue weighted by Gasteiger charge is -1.98. The van der Waals surface area contributed by atoms with Crippen molar-refractivity contribution in [3.8, 4) is 5.69 Å². The van der Waals surface area contributed by atoms with Gasteiger partial charge in [-0.3, -0.25) is 4.57 Å². The molecule has 3 nitrogen and oxygen atoms in total. The highest BCUT2D eigenvalue weighted by Gasteiger charge is 1.96. The van der Waals surface area contributed by atoms with Crippen molar-refractivity contribution in [3.05, 3.63) is 42.7 Å². The van der Waals surface area contributed by atoms with Crippen LogP contribution < -0.4 is 0 Å². The lowest BCUT2D eigenvalue weighted by molar-refractivity contribution is 0.624. The summed E-state index contributed by atoms with van der Waals surface area (Å²) in [5, 5.41) is 7.22. The van der Waals surface area contributed by atoms with Crippen LogP contribution >= 0.6 is 0 Å². The first-order valence-electron chi connectivity index (χ1n) is 3.38. The topological polar surface area (TPSA) is 30.7 Å². The third-order valence-electron chi connectivity index (χ3n) is 1.47. The minimum Gasteiger partial charge on any atom is -0.288 e. The number of hydrogen-bond acceptors (Lipinski definition) is 2. The Labute approximate surface area is 68.5 Å². The van der Waals surface area contributed by atoms with Crippen molar-refractivity contribution < 1.29 is 4.39 Å². The molecular weight excluding hydrogens is 157 g/mol. The van der Waals surface area contributed by atoms with E-state index in [1.54, 1.807) is 10.6 Å². The first kappa shape index (κ1) is 6.97. The Balaban J connectivity index is 2.48. The van der Waals surface area contributed by atoms with Crippen LogP contribution in [0, 0.1) is 11.9 Å². The fourth-order valence-corrected chi connectivity index (χ4v) is 0.921. The number of hydrogen-bond donors (Lipinski definition) is 0. The quantitative estimate of drug-likeness (QED) is 0.630. The van der Waals surface area contributed by atoms with E-state index < -0.39 is 0 Å². The van der Waals surface area contributed by atoms with Gasteiger partial charge < -0.3 is 0 Å². The molecule has 1 radical (unpaired) electrons. The van der Waals surface area contributed by atoms with Gasteiger partial charge in [-0.1, -0.05) is 0 Å². The molecule has 0 aliphatic rings. The second-order valence-corrected chi connectivity index (χ2v) is 2.26. The minimum atomic E-state index is -0.388. The molecule has 12 heavy (non-hydrogen) atoms. The summed E-state index contributed by atoms with van der Waals surface area (Å²) in [6.45, 7) is 0. The fraction of sp³-hybridized carbons (Fsp3) is 0. The SMILES string of the molecule is Fc1[c]ccc(-n2cnnc2)c1. The minimum absolute atomic E-state index is 0.388. The molecule has 0 amide bonds. The van der Waals surface area contributed by atoms with Crippen LogP contribution in [0.25, 0.3) is 5.69 Å². The van der Waals surface area contributed by atoms with E-state index in [-0.39, 0.29) is 5.82 Å². The van der Waals surface area contributed by atoms with E-state index >= 15 is 0 Å². The molecule has 4 heteroatoms. The second-order valence-electron chi connectivity index (χ2n) is 2.26. The van der Waals surface area contributed by atoms with Crippen LogP contribution in [0.3, 0.4) is 0 Å². The molecule has 0 spiro atoms. The van der Waals surface area contributed by atoms with Crippen LogP contribution in [0.1, 0.15) is 0 Å². The molecule has 0 saturated heterocycles.